The maximum atomic E-state index is 13.7. The molecule has 2 atom stereocenters. The number of anilines is 1. The van der Waals surface area contributed by atoms with Gasteiger partial charge in [-0.25, -0.2) is 12.8 Å². The SMILES string of the molecule is C[C@H]1C[C@H](C)CN(S(=O)(=O)c2ccc(C(=O)Nc3ccccc3F)cc2)C1. The van der Waals surface area contributed by atoms with E-state index >= 15 is 0 Å². The molecule has 0 bridgehead atoms. The number of carbonyl (C=O) groups is 1. The van der Waals surface area contributed by atoms with Crippen LogP contribution in [0.5, 0.6) is 0 Å². The number of sulfonamides is 1. The van der Waals surface area contributed by atoms with Crippen molar-refractivity contribution in [1.82, 2.24) is 4.31 Å². The number of benzene rings is 2. The lowest BCUT2D eigenvalue weighted by Gasteiger charge is -2.34. The van der Waals surface area contributed by atoms with E-state index in [-0.39, 0.29) is 16.1 Å². The molecular weight excluding hydrogens is 367 g/mol. The Morgan fingerprint density at radius 3 is 2.22 bits per heavy atom. The minimum atomic E-state index is -3.59. The number of piperidine rings is 1. The molecule has 0 radical (unpaired) electrons. The summed E-state index contributed by atoms with van der Waals surface area (Å²) in [6.45, 7) is 5.10. The third-order valence-corrected chi connectivity index (χ3v) is 6.56. The molecule has 1 amide bonds. The van der Waals surface area contributed by atoms with Gasteiger partial charge in [-0.3, -0.25) is 4.79 Å². The second-order valence-electron chi connectivity index (χ2n) is 7.23. The number of nitrogens with zero attached hydrogens (tertiary/aromatic N) is 1. The lowest BCUT2D eigenvalue weighted by molar-refractivity contribution is 0.102. The zero-order valence-corrected chi connectivity index (χ0v) is 16.2. The van der Waals surface area contributed by atoms with Crippen molar-refractivity contribution < 1.29 is 17.6 Å². The van der Waals surface area contributed by atoms with Crippen LogP contribution in [0.15, 0.2) is 53.4 Å². The number of para-hydroxylation sites is 1. The molecular formula is C20H23FN2O3S. The summed E-state index contributed by atoms with van der Waals surface area (Å²) < 4.78 is 40.9. The highest BCUT2D eigenvalue weighted by Gasteiger charge is 2.31. The first kappa shape index (κ1) is 19.5. The van der Waals surface area contributed by atoms with E-state index in [2.05, 4.69) is 5.32 Å². The molecule has 1 aliphatic rings. The van der Waals surface area contributed by atoms with Crippen molar-refractivity contribution in [3.63, 3.8) is 0 Å². The van der Waals surface area contributed by atoms with Gasteiger partial charge in [-0.05, 0) is 54.7 Å². The summed E-state index contributed by atoms with van der Waals surface area (Å²) in [5, 5.41) is 2.49. The van der Waals surface area contributed by atoms with Crippen LogP contribution < -0.4 is 5.32 Å². The molecule has 0 aliphatic carbocycles. The molecule has 7 heteroatoms. The van der Waals surface area contributed by atoms with Crippen molar-refractivity contribution in [3.8, 4) is 0 Å². The molecule has 3 rings (SSSR count). The van der Waals surface area contributed by atoms with Gasteiger partial charge in [0, 0.05) is 18.7 Å². The summed E-state index contributed by atoms with van der Waals surface area (Å²) in [4.78, 5) is 12.4. The van der Waals surface area contributed by atoms with E-state index in [0.717, 1.165) is 6.42 Å². The van der Waals surface area contributed by atoms with Gasteiger partial charge in [0.2, 0.25) is 10.0 Å². The van der Waals surface area contributed by atoms with Crippen LogP contribution in [-0.4, -0.2) is 31.7 Å². The molecule has 1 N–H and O–H groups in total. The van der Waals surface area contributed by atoms with E-state index in [1.54, 1.807) is 6.07 Å². The molecule has 0 spiro atoms. The van der Waals surface area contributed by atoms with Gasteiger partial charge < -0.3 is 5.32 Å². The van der Waals surface area contributed by atoms with Crippen LogP contribution in [-0.2, 0) is 10.0 Å². The fraction of sp³-hybridized carbons (Fsp3) is 0.350. The average Bonchev–Trinajstić information content (AvgIpc) is 2.63. The summed E-state index contributed by atoms with van der Waals surface area (Å²) in [5.41, 5.74) is 0.341. The summed E-state index contributed by atoms with van der Waals surface area (Å²) in [6, 6.07) is 11.6. The minimum absolute atomic E-state index is 0.0792. The predicted molar refractivity (Wildman–Crippen MR) is 102 cm³/mol. The number of nitrogens with one attached hydrogen (secondary N) is 1. The van der Waals surface area contributed by atoms with Gasteiger partial charge in [-0.1, -0.05) is 26.0 Å². The largest absolute Gasteiger partial charge is 0.319 e. The van der Waals surface area contributed by atoms with Gasteiger partial charge in [0.25, 0.3) is 5.91 Å². The summed E-state index contributed by atoms with van der Waals surface area (Å²) in [6.07, 6.45) is 1.02. The predicted octanol–water partition coefficient (Wildman–Crippen LogP) is 3.74. The van der Waals surface area contributed by atoms with Crippen LogP contribution in [0.25, 0.3) is 0 Å². The Bertz CT molecular complexity index is 918. The van der Waals surface area contributed by atoms with E-state index < -0.39 is 21.7 Å². The molecule has 1 saturated heterocycles. The number of rotatable bonds is 4. The first-order valence-electron chi connectivity index (χ1n) is 8.93. The molecule has 27 heavy (non-hydrogen) atoms. The third kappa shape index (κ3) is 4.36. The first-order valence-corrected chi connectivity index (χ1v) is 10.4. The Kier molecular flexibility index (Phi) is 5.62. The van der Waals surface area contributed by atoms with Gasteiger partial charge in [0.1, 0.15) is 5.82 Å². The molecule has 2 aromatic carbocycles. The second kappa shape index (κ2) is 7.78. The van der Waals surface area contributed by atoms with Crippen molar-refractivity contribution in [1.29, 1.82) is 0 Å². The van der Waals surface area contributed by atoms with Crippen LogP contribution in [0.4, 0.5) is 10.1 Å². The van der Waals surface area contributed by atoms with E-state index in [1.807, 2.05) is 13.8 Å². The molecule has 0 aromatic heterocycles. The fourth-order valence-electron chi connectivity index (χ4n) is 3.49. The van der Waals surface area contributed by atoms with E-state index in [0.29, 0.717) is 24.9 Å². The number of carbonyl (C=O) groups excluding carboxylic acids is 1. The molecule has 0 saturated carbocycles. The zero-order valence-electron chi connectivity index (χ0n) is 15.4. The van der Waals surface area contributed by atoms with Gasteiger partial charge in [0.05, 0.1) is 10.6 Å². The number of hydrogen-bond acceptors (Lipinski definition) is 3. The summed E-state index contributed by atoms with van der Waals surface area (Å²) in [5.74, 6) is -0.397. The normalized spacial score (nSPS) is 21.0. The molecule has 1 fully saturated rings. The van der Waals surface area contributed by atoms with Crippen molar-refractivity contribution in [2.24, 2.45) is 11.8 Å². The van der Waals surface area contributed by atoms with Crippen LogP contribution in [0.1, 0.15) is 30.6 Å². The van der Waals surface area contributed by atoms with Crippen molar-refractivity contribution in [2.45, 2.75) is 25.2 Å². The monoisotopic (exact) mass is 390 g/mol. The molecule has 2 aromatic rings. The zero-order chi connectivity index (χ0) is 19.6. The second-order valence-corrected chi connectivity index (χ2v) is 9.16. The smallest absolute Gasteiger partial charge is 0.255 e. The first-order chi connectivity index (χ1) is 12.8. The van der Waals surface area contributed by atoms with Crippen molar-refractivity contribution in [3.05, 3.63) is 59.9 Å². The van der Waals surface area contributed by atoms with Crippen molar-refractivity contribution >= 4 is 21.6 Å². The summed E-state index contributed by atoms with van der Waals surface area (Å²) in [7, 11) is -3.59. The molecule has 1 aliphatic heterocycles. The average molecular weight is 390 g/mol. The standard InChI is InChI=1S/C20H23FN2O3S/c1-14-11-15(2)13-23(12-14)27(25,26)17-9-7-16(8-10-17)20(24)22-19-6-4-3-5-18(19)21/h3-10,14-15H,11-13H2,1-2H3,(H,22,24)/t14-,15-/m0/s1. The summed E-state index contributed by atoms with van der Waals surface area (Å²) >= 11 is 0. The third-order valence-electron chi connectivity index (χ3n) is 4.71. The highest BCUT2D eigenvalue weighted by Crippen LogP contribution is 2.27. The number of halogens is 1. The van der Waals surface area contributed by atoms with Gasteiger partial charge >= 0.3 is 0 Å². The highest BCUT2D eigenvalue weighted by atomic mass is 32.2. The Morgan fingerprint density at radius 2 is 1.63 bits per heavy atom. The Labute approximate surface area is 159 Å². The molecule has 0 unspecified atom stereocenters. The van der Waals surface area contributed by atoms with Crippen LogP contribution in [0, 0.1) is 17.7 Å². The Hall–Kier alpha value is -2.25. The van der Waals surface area contributed by atoms with Crippen molar-refractivity contribution in [2.75, 3.05) is 18.4 Å². The molecule has 1 heterocycles. The molecule has 144 valence electrons. The van der Waals surface area contributed by atoms with Crippen LogP contribution >= 0.6 is 0 Å². The van der Waals surface area contributed by atoms with E-state index in [9.17, 15) is 17.6 Å². The Morgan fingerprint density at radius 1 is 1.04 bits per heavy atom. The minimum Gasteiger partial charge on any atom is -0.319 e. The topological polar surface area (TPSA) is 66.5 Å². The van der Waals surface area contributed by atoms with Gasteiger partial charge in [-0.2, -0.15) is 4.31 Å². The number of amides is 1. The lowest BCUT2D eigenvalue weighted by atomic mass is 9.94. The van der Waals surface area contributed by atoms with E-state index in [1.165, 1.54) is 46.8 Å². The quantitative estimate of drug-likeness (QED) is 0.865. The fourth-order valence-corrected chi connectivity index (χ4v) is 5.17. The maximum Gasteiger partial charge on any atom is 0.255 e. The van der Waals surface area contributed by atoms with Gasteiger partial charge in [0.15, 0.2) is 0 Å². The number of hydrogen-bond donors (Lipinski definition) is 1. The van der Waals surface area contributed by atoms with E-state index in [4.69, 9.17) is 0 Å². The highest BCUT2D eigenvalue weighted by molar-refractivity contribution is 7.89. The van der Waals surface area contributed by atoms with Gasteiger partial charge in [-0.15, -0.1) is 0 Å². The maximum absolute atomic E-state index is 13.7. The Balaban J connectivity index is 1.76. The van der Waals surface area contributed by atoms with Crippen LogP contribution in [0.2, 0.25) is 0 Å². The lowest BCUT2D eigenvalue weighted by Crippen LogP contribution is -2.42. The molecule has 5 nitrogen and oxygen atoms in total. The van der Waals surface area contributed by atoms with Crippen LogP contribution in [0.3, 0.4) is 0 Å².